The molecule has 5 nitrogen and oxygen atoms in total. The molecule has 0 aliphatic rings. The number of unbranched alkanes of at least 4 members (excludes halogenated alkanes) is 10. The maximum Gasteiger partial charge on any atom is 0.303 e. The first kappa shape index (κ1) is 29.8. The second-order valence-corrected chi connectivity index (χ2v) is 6.42. The van der Waals surface area contributed by atoms with Gasteiger partial charge in [-0.05, 0) is 19.3 Å². The maximum atomic E-state index is 10.0. The minimum absolute atomic E-state index is 0.337. The lowest BCUT2D eigenvalue weighted by Gasteiger charge is -1.96. The molecule has 158 valence electrons. The van der Waals surface area contributed by atoms with Crippen LogP contribution in [0.1, 0.15) is 97.3 Å². The van der Waals surface area contributed by atoms with Crippen molar-refractivity contribution in [1.82, 2.24) is 0 Å². The fraction of sp³-hybridized carbons (Fsp3) is 0.857. The van der Waals surface area contributed by atoms with Gasteiger partial charge in [-0.1, -0.05) is 77.7 Å². The summed E-state index contributed by atoms with van der Waals surface area (Å²) in [5.41, 5.74) is 0. The predicted molar refractivity (Wildman–Crippen MR) is 109 cm³/mol. The number of carbonyl (C=O) groups is 1. The van der Waals surface area contributed by atoms with Crippen molar-refractivity contribution in [1.29, 1.82) is 0 Å². The molecule has 0 aromatic rings. The van der Waals surface area contributed by atoms with E-state index in [1.165, 1.54) is 64.2 Å². The zero-order valence-electron chi connectivity index (χ0n) is 17.2. The van der Waals surface area contributed by atoms with Crippen molar-refractivity contribution in [2.45, 2.75) is 103 Å². The number of allylic oxidation sites excluding steroid dienone is 1. The second kappa shape index (κ2) is 28.9. The van der Waals surface area contributed by atoms with Crippen molar-refractivity contribution in [2.24, 2.45) is 0 Å². The first-order valence-electron chi connectivity index (χ1n) is 10.2. The smallest absolute Gasteiger partial charge is 0.303 e. The highest BCUT2D eigenvalue weighted by Gasteiger charge is 1.95. The lowest BCUT2D eigenvalue weighted by Crippen LogP contribution is -2.15. The van der Waals surface area contributed by atoms with Crippen LogP contribution >= 0.6 is 0 Å². The van der Waals surface area contributed by atoms with Crippen LogP contribution in [0.25, 0.3) is 0 Å². The molecule has 0 spiro atoms. The van der Waals surface area contributed by atoms with E-state index in [0.29, 0.717) is 6.42 Å². The van der Waals surface area contributed by atoms with Gasteiger partial charge in [-0.15, -0.1) is 6.58 Å². The van der Waals surface area contributed by atoms with Gasteiger partial charge in [0.15, 0.2) is 0 Å². The van der Waals surface area contributed by atoms with Gasteiger partial charge in [-0.3, -0.25) is 4.79 Å². The van der Waals surface area contributed by atoms with Crippen molar-refractivity contribution in [3.63, 3.8) is 0 Å². The fourth-order valence-electron chi connectivity index (χ4n) is 2.01. The highest BCUT2D eigenvalue weighted by atomic mass is 16.4. The summed E-state index contributed by atoms with van der Waals surface area (Å²) in [5.74, 6) is -0.670. The molecule has 0 heterocycles. The minimum Gasteiger partial charge on any atom is -0.481 e. The summed E-state index contributed by atoms with van der Waals surface area (Å²) in [5, 5.41) is 32.3. The summed E-state index contributed by atoms with van der Waals surface area (Å²) in [7, 11) is 0. The van der Waals surface area contributed by atoms with Crippen LogP contribution in [0.15, 0.2) is 12.7 Å². The topological polar surface area (TPSA) is 98.0 Å². The lowest BCUT2D eigenvalue weighted by molar-refractivity contribution is -0.137. The average molecular weight is 377 g/mol. The third-order valence-corrected chi connectivity index (χ3v) is 3.68. The first-order chi connectivity index (χ1) is 12.5. The van der Waals surface area contributed by atoms with Crippen molar-refractivity contribution in [3.8, 4) is 0 Å². The molecule has 0 amide bonds. The van der Waals surface area contributed by atoms with Gasteiger partial charge in [0, 0.05) is 6.42 Å². The third-order valence-electron chi connectivity index (χ3n) is 3.68. The van der Waals surface area contributed by atoms with Gasteiger partial charge in [0.05, 0.1) is 13.2 Å². The Morgan fingerprint density at radius 1 is 0.846 bits per heavy atom. The van der Waals surface area contributed by atoms with Crippen molar-refractivity contribution in [3.05, 3.63) is 12.7 Å². The normalized spacial score (nSPS) is 9.77. The van der Waals surface area contributed by atoms with Crippen LogP contribution in [0, 0.1) is 0 Å². The van der Waals surface area contributed by atoms with Crippen LogP contribution < -0.4 is 0 Å². The molecule has 4 N–H and O–H groups in total. The van der Waals surface area contributed by atoms with Crippen LogP contribution in [0.3, 0.4) is 0 Å². The highest BCUT2D eigenvalue weighted by molar-refractivity contribution is 5.66. The standard InChI is InChI=1S/C10H20.C8H16O2.C3H8O3/c1-3-5-7-9-10-8-6-4-2;1-2-3-4-5-6-7-8(9)10;4-1-3(6)2-5/h3H,1,4-10H2,2H3;2-7H2,1H3,(H,9,10);3-6H,1-2H2. The highest BCUT2D eigenvalue weighted by Crippen LogP contribution is 2.06. The average Bonchev–Trinajstić information content (AvgIpc) is 2.64. The van der Waals surface area contributed by atoms with Crippen LogP contribution in [-0.4, -0.2) is 45.7 Å². The van der Waals surface area contributed by atoms with Crippen molar-refractivity contribution in [2.75, 3.05) is 13.2 Å². The Labute approximate surface area is 161 Å². The van der Waals surface area contributed by atoms with Crippen molar-refractivity contribution >= 4 is 5.97 Å². The lowest BCUT2D eigenvalue weighted by atomic mass is 10.1. The molecular formula is C21H44O5. The number of carboxylic acid groups (broad SMARTS) is 1. The van der Waals surface area contributed by atoms with E-state index < -0.39 is 12.1 Å². The molecule has 0 aliphatic carbocycles. The Morgan fingerprint density at radius 3 is 1.62 bits per heavy atom. The number of carboxylic acids is 1. The van der Waals surface area contributed by atoms with Crippen molar-refractivity contribution < 1.29 is 25.2 Å². The largest absolute Gasteiger partial charge is 0.481 e. The number of hydrogen-bond acceptors (Lipinski definition) is 4. The monoisotopic (exact) mass is 376 g/mol. The van der Waals surface area contributed by atoms with E-state index in [2.05, 4.69) is 20.4 Å². The van der Waals surface area contributed by atoms with E-state index in [1.54, 1.807) is 0 Å². The molecule has 0 aliphatic heterocycles. The van der Waals surface area contributed by atoms with Crippen LogP contribution in [0.4, 0.5) is 0 Å². The molecule has 0 saturated heterocycles. The van der Waals surface area contributed by atoms with Gasteiger partial charge >= 0.3 is 5.97 Å². The van der Waals surface area contributed by atoms with Crippen LogP contribution in [0.2, 0.25) is 0 Å². The third kappa shape index (κ3) is 38.6. The summed E-state index contributed by atoms with van der Waals surface area (Å²) < 4.78 is 0. The minimum atomic E-state index is -0.954. The number of rotatable bonds is 15. The molecule has 5 heteroatoms. The summed E-state index contributed by atoms with van der Waals surface area (Å²) in [6, 6.07) is 0. The predicted octanol–water partition coefficient (Wildman–Crippen LogP) is 4.69. The SMILES string of the molecule is C=CCCCCCCCC.CCCCCCCC(=O)O.OCC(O)CO. The van der Waals surface area contributed by atoms with Gasteiger partial charge in [-0.25, -0.2) is 0 Å². The van der Waals surface area contributed by atoms with Gasteiger partial charge in [0.1, 0.15) is 6.10 Å². The molecule has 0 atom stereocenters. The molecule has 0 saturated carbocycles. The van der Waals surface area contributed by atoms with Gasteiger partial charge in [0.25, 0.3) is 0 Å². The maximum absolute atomic E-state index is 10.0. The molecule has 0 unspecified atom stereocenters. The van der Waals surface area contributed by atoms with E-state index in [1.807, 2.05) is 6.08 Å². The first-order valence-corrected chi connectivity index (χ1v) is 10.2. The molecule has 0 bridgehead atoms. The fourth-order valence-corrected chi connectivity index (χ4v) is 2.01. The zero-order valence-corrected chi connectivity index (χ0v) is 17.2. The molecule has 0 radical (unpaired) electrons. The molecule has 0 rings (SSSR count). The number of aliphatic hydroxyl groups excluding tert-OH is 3. The molecule has 0 fully saturated rings. The van der Waals surface area contributed by atoms with Crippen LogP contribution in [0.5, 0.6) is 0 Å². The zero-order chi connectivity index (χ0) is 20.5. The van der Waals surface area contributed by atoms with Gasteiger partial charge < -0.3 is 20.4 Å². The van der Waals surface area contributed by atoms with Gasteiger partial charge in [-0.2, -0.15) is 0 Å². The van der Waals surface area contributed by atoms with E-state index >= 15 is 0 Å². The number of aliphatic carboxylic acids is 1. The van der Waals surface area contributed by atoms with E-state index in [9.17, 15) is 4.79 Å². The quantitative estimate of drug-likeness (QED) is 0.246. The Kier molecular flexibility index (Phi) is 33.1. The van der Waals surface area contributed by atoms with Crippen LogP contribution in [-0.2, 0) is 4.79 Å². The second-order valence-electron chi connectivity index (χ2n) is 6.42. The summed E-state index contributed by atoms with van der Waals surface area (Å²) >= 11 is 0. The molecule has 0 aromatic heterocycles. The molecular weight excluding hydrogens is 332 g/mol. The molecule has 0 aromatic carbocycles. The van der Waals surface area contributed by atoms with E-state index in [0.717, 1.165) is 12.8 Å². The Bertz CT molecular complexity index is 265. The summed E-state index contributed by atoms with van der Waals surface area (Å²) in [6.07, 6.45) is 16.5. The van der Waals surface area contributed by atoms with Gasteiger partial charge in [0.2, 0.25) is 0 Å². The van der Waals surface area contributed by atoms with E-state index in [4.69, 9.17) is 20.4 Å². The summed E-state index contributed by atoms with van der Waals surface area (Å²) in [6.45, 7) is 7.37. The van der Waals surface area contributed by atoms with E-state index in [-0.39, 0.29) is 13.2 Å². The Hall–Kier alpha value is -0.910. The number of hydrogen-bond donors (Lipinski definition) is 4. The number of aliphatic hydroxyl groups is 3. The Balaban J connectivity index is -0.000000316. The molecule has 26 heavy (non-hydrogen) atoms. The summed E-state index contributed by atoms with van der Waals surface area (Å²) in [4.78, 5) is 10.0. The Morgan fingerprint density at radius 2 is 1.27 bits per heavy atom.